The van der Waals surface area contributed by atoms with Gasteiger partial charge in [0.2, 0.25) is 17.6 Å². The maximum atomic E-state index is 12.1. The van der Waals surface area contributed by atoms with Gasteiger partial charge in [0.1, 0.15) is 11.7 Å². The van der Waals surface area contributed by atoms with Gasteiger partial charge >= 0.3 is 0 Å². The lowest BCUT2D eigenvalue weighted by Gasteiger charge is -2.27. The summed E-state index contributed by atoms with van der Waals surface area (Å²) in [5.41, 5.74) is 1.40. The minimum Gasteiger partial charge on any atom is -0.327 e. The third-order valence-corrected chi connectivity index (χ3v) is 3.93. The molecule has 0 radical (unpaired) electrons. The summed E-state index contributed by atoms with van der Waals surface area (Å²) in [6.07, 6.45) is 1.60. The van der Waals surface area contributed by atoms with E-state index in [2.05, 4.69) is 36.1 Å². The van der Waals surface area contributed by atoms with Crippen LogP contribution in [-0.2, 0) is 22.7 Å². The van der Waals surface area contributed by atoms with Crippen molar-refractivity contribution in [1.29, 1.82) is 5.26 Å². The third kappa shape index (κ3) is 3.51. The van der Waals surface area contributed by atoms with Crippen molar-refractivity contribution in [2.75, 3.05) is 13.1 Å². The van der Waals surface area contributed by atoms with E-state index in [1.54, 1.807) is 6.20 Å². The number of piperazine rings is 1. The Morgan fingerprint density at radius 3 is 2.56 bits per heavy atom. The average Bonchev–Trinajstić information content (AvgIpc) is 2.86. The van der Waals surface area contributed by atoms with Gasteiger partial charge in [-0.15, -0.1) is 0 Å². The maximum absolute atomic E-state index is 12.1. The molecule has 1 aliphatic heterocycles. The van der Waals surface area contributed by atoms with Crippen LogP contribution in [0.5, 0.6) is 0 Å². The number of rotatable bonds is 3. The normalized spacial score (nSPS) is 15.7. The molecule has 2 amide bonds. The fourth-order valence-corrected chi connectivity index (χ4v) is 2.87. The van der Waals surface area contributed by atoms with Gasteiger partial charge in [-0.05, 0) is 11.5 Å². The highest BCUT2D eigenvalue weighted by molar-refractivity contribution is 5.99. The topological polar surface area (TPSA) is 104 Å². The van der Waals surface area contributed by atoms with E-state index >= 15 is 0 Å². The van der Waals surface area contributed by atoms with Gasteiger partial charge < -0.3 is 4.57 Å². The van der Waals surface area contributed by atoms with Crippen LogP contribution in [0.25, 0.3) is 11.0 Å². The summed E-state index contributed by atoms with van der Waals surface area (Å²) < 4.78 is 1.97. The summed E-state index contributed by atoms with van der Waals surface area (Å²) in [5, 5.41) is 12.6. The Labute approximate surface area is 145 Å². The molecule has 3 rings (SSSR count). The molecule has 0 aliphatic carbocycles. The number of hydrogen-bond acceptors (Lipinski definition) is 6. The largest absolute Gasteiger partial charge is 0.327 e. The summed E-state index contributed by atoms with van der Waals surface area (Å²) >= 11 is 0. The van der Waals surface area contributed by atoms with E-state index < -0.39 is 0 Å². The molecule has 0 bridgehead atoms. The molecule has 2 aromatic heterocycles. The quantitative estimate of drug-likeness (QED) is 0.829. The number of carbonyl (C=O) groups excluding carboxylic acids is 2. The zero-order valence-electron chi connectivity index (χ0n) is 14.5. The number of hydrogen-bond donors (Lipinski definition) is 1. The number of nitrogens with zero attached hydrogens (tertiary/aromatic N) is 5. The highest BCUT2D eigenvalue weighted by atomic mass is 16.2. The van der Waals surface area contributed by atoms with E-state index in [9.17, 15) is 9.59 Å². The fraction of sp³-hybridized carbons (Fsp3) is 0.471. The first-order valence-corrected chi connectivity index (χ1v) is 8.08. The first-order valence-electron chi connectivity index (χ1n) is 8.08. The molecule has 0 saturated carbocycles. The zero-order valence-corrected chi connectivity index (χ0v) is 14.5. The third-order valence-electron chi connectivity index (χ3n) is 3.93. The van der Waals surface area contributed by atoms with Crippen LogP contribution in [0.2, 0.25) is 0 Å². The predicted octanol–water partition coefficient (Wildman–Crippen LogP) is 0.807. The lowest BCUT2D eigenvalue weighted by atomic mass is 9.97. The van der Waals surface area contributed by atoms with Gasteiger partial charge in [0.15, 0.2) is 0 Å². The second-order valence-corrected chi connectivity index (χ2v) is 7.34. The SMILES string of the molecule is CC(C)(C)Cn1c(CN2C(=O)CNCC2=O)cc2cnc(C#N)nc21. The van der Waals surface area contributed by atoms with Crippen molar-refractivity contribution >= 4 is 22.8 Å². The first-order chi connectivity index (χ1) is 11.8. The van der Waals surface area contributed by atoms with Gasteiger partial charge in [0, 0.05) is 23.8 Å². The molecule has 1 saturated heterocycles. The Bertz CT molecular complexity index is 871. The first kappa shape index (κ1) is 17.0. The molecule has 2 aromatic rings. The van der Waals surface area contributed by atoms with Crippen molar-refractivity contribution in [3.05, 3.63) is 23.8 Å². The number of nitriles is 1. The Morgan fingerprint density at radius 2 is 1.96 bits per heavy atom. The van der Waals surface area contributed by atoms with Crippen LogP contribution in [0.15, 0.2) is 12.3 Å². The molecule has 1 N–H and O–H groups in total. The van der Waals surface area contributed by atoms with Gasteiger partial charge in [-0.3, -0.25) is 19.8 Å². The minimum atomic E-state index is -0.243. The highest BCUT2D eigenvalue weighted by Crippen LogP contribution is 2.25. The number of nitrogens with one attached hydrogen (secondary N) is 1. The number of amides is 2. The smallest absolute Gasteiger partial charge is 0.243 e. The monoisotopic (exact) mass is 340 g/mol. The van der Waals surface area contributed by atoms with Crippen LogP contribution < -0.4 is 5.32 Å². The van der Waals surface area contributed by atoms with Crippen LogP contribution in [0, 0.1) is 16.7 Å². The van der Waals surface area contributed by atoms with Crippen LogP contribution in [0.1, 0.15) is 32.3 Å². The molecule has 0 unspecified atom stereocenters. The van der Waals surface area contributed by atoms with E-state index in [1.165, 1.54) is 4.90 Å². The summed E-state index contributed by atoms with van der Waals surface area (Å²) in [4.78, 5) is 33.8. The van der Waals surface area contributed by atoms with E-state index in [0.717, 1.165) is 11.1 Å². The van der Waals surface area contributed by atoms with Gasteiger partial charge in [0.25, 0.3) is 0 Å². The highest BCUT2D eigenvalue weighted by Gasteiger charge is 2.28. The van der Waals surface area contributed by atoms with E-state index in [-0.39, 0.29) is 42.7 Å². The molecular weight excluding hydrogens is 320 g/mol. The van der Waals surface area contributed by atoms with Crippen LogP contribution >= 0.6 is 0 Å². The zero-order chi connectivity index (χ0) is 18.2. The van der Waals surface area contributed by atoms with Crippen molar-refractivity contribution < 1.29 is 9.59 Å². The molecule has 3 heterocycles. The van der Waals surface area contributed by atoms with E-state index in [0.29, 0.717) is 12.2 Å². The number of imide groups is 1. The lowest BCUT2D eigenvalue weighted by Crippen LogP contribution is -2.51. The molecule has 8 heteroatoms. The predicted molar refractivity (Wildman–Crippen MR) is 90.1 cm³/mol. The molecule has 25 heavy (non-hydrogen) atoms. The van der Waals surface area contributed by atoms with Crippen LogP contribution in [0.3, 0.4) is 0 Å². The standard InChI is InChI=1S/C17H20N6O2/c1-17(2,3)10-23-12(9-22-14(24)7-19-8-15(22)25)4-11-6-20-13(5-18)21-16(11)23/h4,6,19H,7-10H2,1-3H3. The Kier molecular flexibility index (Phi) is 4.27. The number of fused-ring (bicyclic) bond motifs is 1. The van der Waals surface area contributed by atoms with E-state index in [1.807, 2.05) is 16.7 Å². The van der Waals surface area contributed by atoms with Gasteiger partial charge in [-0.1, -0.05) is 20.8 Å². The van der Waals surface area contributed by atoms with Crippen LogP contribution in [-0.4, -0.2) is 44.3 Å². The minimum absolute atomic E-state index is 0.0457. The Hall–Kier alpha value is -2.79. The lowest BCUT2D eigenvalue weighted by molar-refractivity contribution is -0.147. The molecule has 1 aliphatic rings. The summed E-state index contributed by atoms with van der Waals surface area (Å²) in [6.45, 7) is 7.42. The molecular formula is C17H20N6O2. The molecule has 0 atom stereocenters. The summed E-state index contributed by atoms with van der Waals surface area (Å²) in [5.74, 6) is -0.387. The molecule has 1 fully saturated rings. The molecule has 0 spiro atoms. The fourth-order valence-electron chi connectivity index (χ4n) is 2.87. The number of carbonyl (C=O) groups is 2. The number of aromatic nitrogens is 3. The van der Waals surface area contributed by atoms with Crippen molar-refractivity contribution in [3.63, 3.8) is 0 Å². The Morgan fingerprint density at radius 1 is 1.28 bits per heavy atom. The Balaban J connectivity index is 2.07. The maximum Gasteiger partial charge on any atom is 0.243 e. The molecule has 0 aromatic carbocycles. The van der Waals surface area contributed by atoms with Crippen LogP contribution in [0.4, 0.5) is 0 Å². The van der Waals surface area contributed by atoms with E-state index in [4.69, 9.17) is 5.26 Å². The van der Waals surface area contributed by atoms with Gasteiger partial charge in [0.05, 0.1) is 19.6 Å². The van der Waals surface area contributed by atoms with Crippen molar-refractivity contribution in [2.24, 2.45) is 5.41 Å². The second kappa shape index (κ2) is 6.26. The molecule has 130 valence electrons. The van der Waals surface area contributed by atoms with Crippen molar-refractivity contribution in [2.45, 2.75) is 33.9 Å². The van der Waals surface area contributed by atoms with Gasteiger partial charge in [-0.25, -0.2) is 9.97 Å². The van der Waals surface area contributed by atoms with Crippen molar-refractivity contribution in [1.82, 2.24) is 24.8 Å². The molecule has 8 nitrogen and oxygen atoms in total. The summed E-state index contributed by atoms with van der Waals surface area (Å²) in [7, 11) is 0. The second-order valence-electron chi connectivity index (χ2n) is 7.34. The van der Waals surface area contributed by atoms with Gasteiger partial charge in [-0.2, -0.15) is 5.26 Å². The average molecular weight is 340 g/mol. The summed E-state index contributed by atoms with van der Waals surface area (Å²) in [6, 6.07) is 3.83. The van der Waals surface area contributed by atoms with Crippen molar-refractivity contribution in [3.8, 4) is 6.07 Å².